The molecule has 0 fully saturated rings. The largest absolute Gasteiger partial charge is 0.704 e. The Bertz CT molecular complexity index is 423. The van der Waals surface area contributed by atoms with Gasteiger partial charge in [-0.25, -0.2) is 4.39 Å². The van der Waals surface area contributed by atoms with Crippen LogP contribution >= 0.6 is 8.25 Å². The highest BCUT2D eigenvalue weighted by molar-refractivity contribution is 7.33. The van der Waals surface area contributed by atoms with Gasteiger partial charge in [0.15, 0.2) is 0 Å². The Hall–Kier alpha value is -1.23. The van der Waals surface area contributed by atoms with Gasteiger partial charge in [0.05, 0.1) is 5.56 Å². The maximum atomic E-state index is 13.3. The van der Waals surface area contributed by atoms with Crippen LogP contribution < -0.4 is 0 Å². The molecular weight excluding hydrogens is 256 g/mol. The van der Waals surface area contributed by atoms with Gasteiger partial charge >= 0.3 is 14.4 Å². The highest BCUT2D eigenvalue weighted by atomic mass is 31.1. The van der Waals surface area contributed by atoms with E-state index in [0.29, 0.717) is 0 Å². The fourth-order valence-corrected chi connectivity index (χ4v) is 1.55. The molecule has 0 aliphatic carbocycles. The first-order chi connectivity index (χ1) is 7.97. The summed E-state index contributed by atoms with van der Waals surface area (Å²) in [5.41, 5.74) is -0.995. The van der Waals surface area contributed by atoms with Crippen LogP contribution in [0.2, 0.25) is 0 Å². The minimum atomic E-state index is -4.01. The maximum Gasteiger partial charge on any atom is 0.704 e. The predicted octanol–water partition coefficient (Wildman–Crippen LogP) is 3.75. The summed E-state index contributed by atoms with van der Waals surface area (Å²) in [5.74, 6) is -1.15. The third-order valence-corrected chi connectivity index (χ3v) is 2.41. The summed E-state index contributed by atoms with van der Waals surface area (Å²) in [6, 6.07) is 4.16. The van der Waals surface area contributed by atoms with Gasteiger partial charge in [-0.1, -0.05) is 18.2 Å². The van der Waals surface area contributed by atoms with E-state index >= 15 is 0 Å². The lowest BCUT2D eigenvalue weighted by molar-refractivity contribution is -0.189. The van der Waals surface area contributed by atoms with E-state index in [4.69, 9.17) is 0 Å². The first-order valence-corrected chi connectivity index (χ1v) is 5.60. The lowest BCUT2D eigenvalue weighted by atomic mass is 10.2. The molecule has 1 aromatic rings. The normalized spacial score (nSPS) is 12.3. The highest BCUT2D eigenvalue weighted by Crippen LogP contribution is 2.40. The highest BCUT2D eigenvalue weighted by Gasteiger charge is 2.46. The van der Waals surface area contributed by atoms with Gasteiger partial charge in [-0.15, -0.1) is 11.1 Å². The Balaban J connectivity index is 2.78. The fourth-order valence-electron chi connectivity index (χ4n) is 0.980. The van der Waals surface area contributed by atoms with Crippen LogP contribution in [0.1, 0.15) is 5.56 Å². The summed E-state index contributed by atoms with van der Waals surface area (Å²) in [7, 11) is -3.05. The van der Waals surface area contributed by atoms with Gasteiger partial charge in [0.1, 0.15) is 12.4 Å². The van der Waals surface area contributed by atoms with Gasteiger partial charge in [-0.2, -0.15) is 8.78 Å². The molecule has 0 heterocycles. The van der Waals surface area contributed by atoms with Crippen LogP contribution in [-0.4, -0.2) is 6.61 Å². The van der Waals surface area contributed by atoms with Crippen molar-refractivity contribution >= 4 is 8.25 Å². The summed E-state index contributed by atoms with van der Waals surface area (Å²) in [6.45, 7) is 3.04. The van der Waals surface area contributed by atoms with Crippen molar-refractivity contribution in [2.24, 2.45) is 0 Å². The second kappa shape index (κ2) is 5.91. The smallest absolute Gasteiger partial charge is 0.206 e. The van der Waals surface area contributed by atoms with Crippen LogP contribution in [0.25, 0.3) is 0 Å². The molecule has 0 aromatic heterocycles. The van der Waals surface area contributed by atoms with Gasteiger partial charge in [-0.3, -0.25) is 0 Å². The molecule has 3 nitrogen and oxygen atoms in total. The van der Waals surface area contributed by atoms with E-state index in [2.05, 4.69) is 15.6 Å². The van der Waals surface area contributed by atoms with Crippen LogP contribution in [0.3, 0.4) is 0 Å². The molecule has 1 atom stereocenters. The molecule has 1 aromatic carbocycles. The monoisotopic (exact) mass is 265 g/mol. The summed E-state index contributed by atoms with van der Waals surface area (Å²) >= 11 is 0. The molecule has 0 spiro atoms. The average molecular weight is 265 g/mol. The molecule has 0 saturated carbocycles. The van der Waals surface area contributed by atoms with E-state index < -0.39 is 25.7 Å². The SMILES string of the molecule is C=CCO[P+](=O)OC(F)(F)c1ccccc1F. The van der Waals surface area contributed by atoms with Crippen molar-refractivity contribution in [2.75, 3.05) is 6.61 Å². The fraction of sp³-hybridized carbons (Fsp3) is 0.200. The van der Waals surface area contributed by atoms with Gasteiger partial charge < -0.3 is 0 Å². The van der Waals surface area contributed by atoms with Gasteiger partial charge in [0, 0.05) is 4.57 Å². The van der Waals surface area contributed by atoms with Gasteiger partial charge in [0.25, 0.3) is 0 Å². The molecular formula is C10H9F3O3P+. The molecule has 0 bridgehead atoms. The van der Waals surface area contributed by atoms with E-state index in [0.717, 1.165) is 12.1 Å². The van der Waals surface area contributed by atoms with Crippen molar-refractivity contribution in [3.05, 3.63) is 48.3 Å². The zero-order valence-corrected chi connectivity index (χ0v) is 9.50. The number of rotatable bonds is 6. The van der Waals surface area contributed by atoms with E-state index in [1.807, 2.05) is 0 Å². The molecule has 0 aliphatic rings. The molecule has 1 unspecified atom stereocenters. The molecule has 1 rings (SSSR count). The third kappa shape index (κ3) is 3.93. The van der Waals surface area contributed by atoms with Crippen LogP contribution in [-0.2, 0) is 19.7 Å². The number of alkyl halides is 2. The zero-order chi connectivity index (χ0) is 12.9. The molecule has 0 aliphatic heterocycles. The first kappa shape index (κ1) is 13.8. The lowest BCUT2D eigenvalue weighted by Crippen LogP contribution is -2.16. The molecule has 0 amide bonds. The Morgan fingerprint density at radius 3 is 2.65 bits per heavy atom. The molecule has 0 saturated heterocycles. The zero-order valence-electron chi connectivity index (χ0n) is 8.61. The van der Waals surface area contributed by atoms with Crippen molar-refractivity contribution in [1.82, 2.24) is 0 Å². The number of hydrogen-bond donors (Lipinski definition) is 0. The summed E-state index contributed by atoms with van der Waals surface area (Å²) in [5, 5.41) is 0. The third-order valence-electron chi connectivity index (χ3n) is 1.67. The average Bonchev–Trinajstić information content (AvgIpc) is 2.26. The minimum Gasteiger partial charge on any atom is -0.206 e. The second-order valence-electron chi connectivity index (χ2n) is 2.90. The van der Waals surface area contributed by atoms with E-state index in [1.165, 1.54) is 18.2 Å². The topological polar surface area (TPSA) is 35.5 Å². The number of benzene rings is 1. The second-order valence-corrected chi connectivity index (χ2v) is 3.78. The van der Waals surface area contributed by atoms with Crippen molar-refractivity contribution < 1.29 is 26.8 Å². The first-order valence-electron chi connectivity index (χ1n) is 4.50. The van der Waals surface area contributed by atoms with E-state index in [-0.39, 0.29) is 6.61 Å². The number of halogens is 3. The molecule has 7 heteroatoms. The Kier molecular flexibility index (Phi) is 4.81. The Morgan fingerprint density at radius 2 is 2.06 bits per heavy atom. The standard InChI is InChI=1S/C10H9F3O3P/c1-2-7-15-17(14)16-10(12,13)8-5-3-4-6-9(8)11/h2-6H,1,7H2/q+1. The summed E-state index contributed by atoms with van der Waals surface area (Å²) in [4.78, 5) is 0. The van der Waals surface area contributed by atoms with Gasteiger partial charge in [-0.05, 0) is 16.7 Å². The molecule has 0 N–H and O–H groups in total. The summed E-state index contributed by atoms with van der Waals surface area (Å²) < 4.78 is 58.9. The summed E-state index contributed by atoms with van der Waals surface area (Å²) in [6.07, 6.45) is -2.79. The Morgan fingerprint density at radius 1 is 1.41 bits per heavy atom. The van der Waals surface area contributed by atoms with Crippen LogP contribution in [0.4, 0.5) is 13.2 Å². The van der Waals surface area contributed by atoms with Crippen LogP contribution in [0.15, 0.2) is 36.9 Å². The molecule has 0 radical (unpaired) electrons. The number of hydrogen-bond acceptors (Lipinski definition) is 3. The Labute approximate surface area is 96.8 Å². The van der Waals surface area contributed by atoms with Crippen molar-refractivity contribution in [1.29, 1.82) is 0 Å². The molecule has 92 valence electrons. The lowest BCUT2D eigenvalue weighted by Gasteiger charge is -2.09. The minimum absolute atomic E-state index is 0.206. The van der Waals surface area contributed by atoms with E-state index in [9.17, 15) is 17.7 Å². The predicted molar refractivity (Wildman–Crippen MR) is 55.1 cm³/mol. The van der Waals surface area contributed by atoms with Crippen LogP contribution in [0.5, 0.6) is 0 Å². The van der Waals surface area contributed by atoms with Crippen molar-refractivity contribution in [3.63, 3.8) is 0 Å². The maximum absolute atomic E-state index is 13.3. The quantitative estimate of drug-likeness (QED) is 0.580. The van der Waals surface area contributed by atoms with Crippen LogP contribution in [0, 0.1) is 5.82 Å². The molecule has 17 heavy (non-hydrogen) atoms. The van der Waals surface area contributed by atoms with Gasteiger partial charge in [0.2, 0.25) is 0 Å². The van der Waals surface area contributed by atoms with Crippen molar-refractivity contribution in [2.45, 2.75) is 6.11 Å². The van der Waals surface area contributed by atoms with Crippen molar-refractivity contribution in [3.8, 4) is 0 Å². The van der Waals surface area contributed by atoms with E-state index in [1.54, 1.807) is 0 Å².